The lowest BCUT2D eigenvalue weighted by Gasteiger charge is -2.31. The summed E-state index contributed by atoms with van der Waals surface area (Å²) in [4.78, 5) is 16.1. The number of nitrogens with one attached hydrogen (secondary N) is 1. The van der Waals surface area contributed by atoms with E-state index in [4.69, 9.17) is 14.6 Å². The van der Waals surface area contributed by atoms with Gasteiger partial charge in [0.25, 0.3) is 0 Å². The van der Waals surface area contributed by atoms with Gasteiger partial charge in [0.05, 0.1) is 49.1 Å². The molecule has 3 aromatic carbocycles. The number of aromatic nitrogens is 3. The number of nitrogens with zero attached hydrogens (tertiary/aromatic N) is 4. The molecule has 5 aromatic rings. The number of carbonyl (C=O) groups excluding carboxylic acids is 1. The topological polar surface area (TPSA) is 73.5 Å². The second kappa shape index (κ2) is 10.6. The van der Waals surface area contributed by atoms with Crippen LogP contribution in [0.5, 0.6) is 11.5 Å². The van der Waals surface area contributed by atoms with Crippen molar-refractivity contribution in [3.8, 4) is 23.0 Å². The first-order valence-corrected chi connectivity index (χ1v) is 13.3. The number of hydrogen-bond donors (Lipinski definition) is 1. The Morgan fingerprint density at radius 1 is 0.975 bits per heavy atom. The Balaban J connectivity index is 1.51. The summed E-state index contributed by atoms with van der Waals surface area (Å²) in [6.07, 6.45) is 2.04. The molecular weight excluding hydrogens is 502 g/mol. The van der Waals surface area contributed by atoms with Crippen LogP contribution in [-0.4, -0.2) is 39.0 Å². The van der Waals surface area contributed by atoms with E-state index in [-0.39, 0.29) is 12.1 Å². The molecule has 8 nitrogen and oxygen atoms in total. The molecule has 0 unspecified atom stereocenters. The van der Waals surface area contributed by atoms with Crippen LogP contribution in [0.15, 0.2) is 97.2 Å². The fourth-order valence-corrected chi connectivity index (χ4v) is 5.32. The van der Waals surface area contributed by atoms with Gasteiger partial charge < -0.3 is 24.3 Å². The first-order chi connectivity index (χ1) is 19.6. The van der Waals surface area contributed by atoms with Crippen LogP contribution in [0.4, 0.5) is 10.5 Å². The number of methoxy groups -OCH3 is 1. The van der Waals surface area contributed by atoms with Crippen molar-refractivity contribution >= 4 is 11.7 Å². The van der Waals surface area contributed by atoms with Gasteiger partial charge in [0.15, 0.2) is 0 Å². The van der Waals surface area contributed by atoms with Crippen LogP contribution in [0.25, 0.3) is 11.5 Å². The molecule has 0 bridgehead atoms. The van der Waals surface area contributed by atoms with Crippen LogP contribution in [0.2, 0.25) is 0 Å². The molecule has 1 aliphatic rings. The Hall–Kier alpha value is -4.98. The third kappa shape index (κ3) is 4.47. The fraction of sp³-hybridized carbons (Fsp3) is 0.188. The molecule has 0 aliphatic carbocycles. The normalized spacial score (nSPS) is 14.2. The minimum Gasteiger partial charge on any atom is -0.497 e. The van der Waals surface area contributed by atoms with E-state index >= 15 is 0 Å². The zero-order chi connectivity index (χ0) is 27.6. The van der Waals surface area contributed by atoms with Crippen LogP contribution in [0.3, 0.4) is 0 Å². The summed E-state index contributed by atoms with van der Waals surface area (Å²) in [6, 6.07) is 28.9. The predicted molar refractivity (Wildman–Crippen MR) is 155 cm³/mol. The number of urea groups is 1. The van der Waals surface area contributed by atoms with E-state index in [9.17, 15) is 4.79 Å². The molecule has 2 aromatic heterocycles. The Kier molecular flexibility index (Phi) is 6.74. The maximum Gasteiger partial charge on any atom is 0.323 e. The number of fused-ring (bicyclic) bond motifs is 3. The van der Waals surface area contributed by atoms with Gasteiger partial charge in [-0.3, -0.25) is 0 Å². The molecule has 0 fully saturated rings. The van der Waals surface area contributed by atoms with Gasteiger partial charge in [-0.1, -0.05) is 42.5 Å². The minimum atomic E-state index is -0.379. The standard InChI is InChI=1S/C32H31N5O3/c1-4-40-29-15-9-8-13-27(29)33-32(38)36-21-26-22(2)34-37(24-11-6-5-7-12-24)31(26)35-20-10-14-28(35)30(36)23-16-18-25(39-3)19-17-23/h5-20,30H,4,21H2,1-3H3,(H,33,38)/t30-/m0/s1. The van der Waals surface area contributed by atoms with Gasteiger partial charge >= 0.3 is 6.03 Å². The number of anilines is 1. The predicted octanol–water partition coefficient (Wildman–Crippen LogP) is 6.52. The number of aryl methyl sites for hydroxylation is 1. The highest BCUT2D eigenvalue weighted by Gasteiger charge is 2.36. The molecule has 3 heterocycles. The Bertz CT molecular complexity index is 1640. The number of carbonyl (C=O) groups is 1. The molecule has 8 heteroatoms. The Morgan fingerprint density at radius 3 is 2.48 bits per heavy atom. The smallest absolute Gasteiger partial charge is 0.323 e. The highest BCUT2D eigenvalue weighted by Crippen LogP contribution is 2.39. The monoisotopic (exact) mass is 533 g/mol. The van der Waals surface area contributed by atoms with Gasteiger partial charge in [-0.15, -0.1) is 0 Å². The number of para-hydroxylation sites is 3. The number of amides is 2. The lowest BCUT2D eigenvalue weighted by molar-refractivity contribution is 0.194. The quantitative estimate of drug-likeness (QED) is 0.270. The van der Waals surface area contributed by atoms with E-state index < -0.39 is 0 Å². The molecule has 0 saturated carbocycles. The second-order valence-corrected chi connectivity index (χ2v) is 9.60. The maximum atomic E-state index is 14.2. The van der Waals surface area contributed by atoms with Gasteiger partial charge in [0.1, 0.15) is 17.3 Å². The largest absolute Gasteiger partial charge is 0.497 e. The van der Waals surface area contributed by atoms with Crippen LogP contribution in [0, 0.1) is 6.92 Å². The summed E-state index contributed by atoms with van der Waals surface area (Å²) in [5, 5.41) is 8.05. The maximum absolute atomic E-state index is 14.2. The first-order valence-electron chi connectivity index (χ1n) is 13.3. The van der Waals surface area contributed by atoms with E-state index in [1.807, 2.05) is 115 Å². The summed E-state index contributed by atoms with van der Waals surface area (Å²) in [5.41, 5.74) is 5.34. The van der Waals surface area contributed by atoms with Crippen LogP contribution >= 0.6 is 0 Å². The lowest BCUT2D eigenvalue weighted by atomic mass is 10.0. The van der Waals surface area contributed by atoms with E-state index in [1.165, 1.54) is 0 Å². The zero-order valence-electron chi connectivity index (χ0n) is 22.7. The molecule has 1 aliphatic heterocycles. The van der Waals surface area contributed by atoms with E-state index in [0.29, 0.717) is 24.6 Å². The van der Waals surface area contributed by atoms with E-state index in [1.54, 1.807) is 7.11 Å². The summed E-state index contributed by atoms with van der Waals surface area (Å²) in [5.74, 6) is 2.31. The molecule has 1 N–H and O–H groups in total. The SMILES string of the molecule is CCOc1ccccc1NC(=O)N1Cc2c(C)nn(-c3ccccc3)c2-n2cccc2[C@@H]1c1ccc(OC)cc1. The van der Waals surface area contributed by atoms with Crippen molar-refractivity contribution in [1.29, 1.82) is 0 Å². The molecule has 0 radical (unpaired) electrons. The molecule has 6 rings (SSSR count). The Morgan fingerprint density at radius 2 is 1.73 bits per heavy atom. The lowest BCUT2D eigenvalue weighted by Crippen LogP contribution is -2.38. The summed E-state index contributed by atoms with van der Waals surface area (Å²) < 4.78 is 15.3. The van der Waals surface area contributed by atoms with Gasteiger partial charge in [-0.25, -0.2) is 9.48 Å². The van der Waals surface area contributed by atoms with Crippen molar-refractivity contribution in [2.75, 3.05) is 19.0 Å². The van der Waals surface area contributed by atoms with Crippen LogP contribution in [-0.2, 0) is 6.54 Å². The summed E-state index contributed by atoms with van der Waals surface area (Å²) in [6.45, 7) is 4.78. The van der Waals surface area contributed by atoms with E-state index in [0.717, 1.165) is 39.8 Å². The van der Waals surface area contributed by atoms with E-state index in [2.05, 4.69) is 16.0 Å². The first kappa shape index (κ1) is 25.3. The molecular formula is C32H31N5O3. The van der Waals surface area contributed by atoms with Gasteiger partial charge in [0.2, 0.25) is 0 Å². The third-order valence-electron chi connectivity index (χ3n) is 7.21. The van der Waals surface area contributed by atoms with Crippen molar-refractivity contribution in [2.24, 2.45) is 0 Å². The molecule has 0 saturated heterocycles. The van der Waals surface area contributed by atoms with Crippen LogP contribution in [0.1, 0.15) is 35.5 Å². The van der Waals surface area contributed by atoms with Crippen molar-refractivity contribution in [1.82, 2.24) is 19.2 Å². The van der Waals surface area contributed by atoms with Crippen molar-refractivity contribution in [2.45, 2.75) is 26.4 Å². The average molecular weight is 534 g/mol. The highest BCUT2D eigenvalue weighted by molar-refractivity contribution is 5.91. The van der Waals surface area contributed by atoms with Gasteiger partial charge in [-0.05, 0) is 67.9 Å². The highest BCUT2D eigenvalue weighted by atomic mass is 16.5. The molecule has 40 heavy (non-hydrogen) atoms. The average Bonchev–Trinajstić information content (AvgIpc) is 3.55. The van der Waals surface area contributed by atoms with Crippen molar-refractivity contribution in [3.63, 3.8) is 0 Å². The molecule has 2 amide bonds. The zero-order valence-corrected chi connectivity index (χ0v) is 22.7. The summed E-state index contributed by atoms with van der Waals surface area (Å²) >= 11 is 0. The van der Waals surface area contributed by atoms with Crippen molar-refractivity contribution in [3.05, 3.63) is 120 Å². The molecule has 1 atom stereocenters. The Labute approximate surface area is 233 Å². The fourth-order valence-electron chi connectivity index (χ4n) is 5.32. The molecule has 202 valence electrons. The van der Waals surface area contributed by atoms with Gasteiger partial charge in [-0.2, -0.15) is 5.10 Å². The number of ether oxygens (including phenoxy) is 2. The number of hydrogen-bond acceptors (Lipinski definition) is 4. The summed E-state index contributed by atoms with van der Waals surface area (Å²) in [7, 11) is 1.65. The molecule has 0 spiro atoms. The second-order valence-electron chi connectivity index (χ2n) is 9.60. The third-order valence-corrected chi connectivity index (χ3v) is 7.21. The number of rotatable bonds is 6. The van der Waals surface area contributed by atoms with Crippen LogP contribution < -0.4 is 14.8 Å². The van der Waals surface area contributed by atoms with Gasteiger partial charge in [0, 0.05) is 11.8 Å². The van der Waals surface area contributed by atoms with Crippen molar-refractivity contribution < 1.29 is 14.3 Å². The number of benzene rings is 3. The minimum absolute atomic E-state index is 0.236.